The van der Waals surface area contributed by atoms with Gasteiger partial charge in [0, 0.05) is 6.54 Å². The zero-order valence-corrected chi connectivity index (χ0v) is 9.77. The summed E-state index contributed by atoms with van der Waals surface area (Å²) >= 11 is 0. The van der Waals surface area contributed by atoms with E-state index in [0.717, 1.165) is 5.92 Å². The van der Waals surface area contributed by atoms with Crippen LogP contribution >= 0.6 is 0 Å². The van der Waals surface area contributed by atoms with Crippen molar-refractivity contribution in [1.29, 1.82) is 0 Å². The highest BCUT2D eigenvalue weighted by molar-refractivity contribution is 4.94. The summed E-state index contributed by atoms with van der Waals surface area (Å²) in [5.74, 6) is 1.03. The molecule has 0 amide bonds. The van der Waals surface area contributed by atoms with Crippen molar-refractivity contribution in [3.8, 4) is 0 Å². The van der Waals surface area contributed by atoms with Gasteiger partial charge in [-0.3, -0.25) is 0 Å². The molecule has 0 bridgehead atoms. The number of nitrogens with zero attached hydrogens (tertiary/aromatic N) is 1. The summed E-state index contributed by atoms with van der Waals surface area (Å²) in [6.07, 6.45) is 7.13. The minimum absolute atomic E-state index is 0.693. The van der Waals surface area contributed by atoms with Crippen molar-refractivity contribution in [1.82, 2.24) is 4.90 Å². The van der Waals surface area contributed by atoms with Crippen LogP contribution in [0, 0.1) is 11.3 Å². The largest absolute Gasteiger partial charge is 0.309 e. The average molecular weight is 183 g/mol. The molecular formula is C12H25N. The third kappa shape index (κ3) is 2.70. The summed E-state index contributed by atoms with van der Waals surface area (Å²) in [5.41, 5.74) is 0.693. The fourth-order valence-corrected chi connectivity index (χ4v) is 3.07. The Balaban J connectivity index is 2.39. The summed E-state index contributed by atoms with van der Waals surface area (Å²) in [5, 5.41) is 0. The summed E-state index contributed by atoms with van der Waals surface area (Å²) in [6.45, 7) is 5.95. The van der Waals surface area contributed by atoms with Gasteiger partial charge in [0.15, 0.2) is 0 Å². The summed E-state index contributed by atoms with van der Waals surface area (Å²) < 4.78 is 0. The molecule has 78 valence electrons. The van der Waals surface area contributed by atoms with Crippen LogP contribution in [-0.2, 0) is 0 Å². The molecule has 0 spiro atoms. The topological polar surface area (TPSA) is 3.24 Å². The molecule has 0 heterocycles. The van der Waals surface area contributed by atoms with Crippen LogP contribution in [-0.4, -0.2) is 25.5 Å². The average Bonchev–Trinajstić information content (AvgIpc) is 1.98. The van der Waals surface area contributed by atoms with Gasteiger partial charge in [-0.1, -0.05) is 26.7 Å². The predicted octanol–water partition coefficient (Wildman–Crippen LogP) is 3.15. The Hall–Kier alpha value is -0.0400. The minimum atomic E-state index is 0.693. The SMILES string of the molecule is CCCC1(CN(C)C)CC(CC)C1. The molecule has 1 aliphatic carbocycles. The lowest BCUT2D eigenvalue weighted by atomic mass is 9.59. The third-order valence-electron chi connectivity index (χ3n) is 3.45. The maximum atomic E-state index is 2.36. The van der Waals surface area contributed by atoms with Crippen LogP contribution in [0.4, 0.5) is 0 Å². The lowest BCUT2D eigenvalue weighted by Gasteiger charge is -2.49. The Morgan fingerprint density at radius 1 is 1.23 bits per heavy atom. The Kier molecular flexibility index (Phi) is 3.78. The molecule has 0 aliphatic heterocycles. The van der Waals surface area contributed by atoms with E-state index in [0.29, 0.717) is 5.41 Å². The van der Waals surface area contributed by atoms with Gasteiger partial charge < -0.3 is 4.90 Å². The smallest absolute Gasteiger partial charge is 0.00321 e. The van der Waals surface area contributed by atoms with Gasteiger partial charge >= 0.3 is 0 Å². The molecule has 1 rings (SSSR count). The minimum Gasteiger partial charge on any atom is -0.309 e. The van der Waals surface area contributed by atoms with Crippen molar-refractivity contribution in [3.63, 3.8) is 0 Å². The molecule has 0 aromatic heterocycles. The lowest BCUT2D eigenvalue weighted by Crippen LogP contribution is -2.44. The van der Waals surface area contributed by atoms with E-state index in [2.05, 4.69) is 32.8 Å². The van der Waals surface area contributed by atoms with E-state index in [4.69, 9.17) is 0 Å². The van der Waals surface area contributed by atoms with Gasteiger partial charge in [0.25, 0.3) is 0 Å². The third-order valence-corrected chi connectivity index (χ3v) is 3.45. The summed E-state index contributed by atoms with van der Waals surface area (Å²) in [7, 11) is 4.41. The molecule has 1 saturated carbocycles. The van der Waals surface area contributed by atoms with Gasteiger partial charge in [-0.05, 0) is 44.7 Å². The van der Waals surface area contributed by atoms with E-state index >= 15 is 0 Å². The molecule has 0 saturated heterocycles. The van der Waals surface area contributed by atoms with Crippen molar-refractivity contribution in [2.24, 2.45) is 11.3 Å². The molecule has 13 heavy (non-hydrogen) atoms. The van der Waals surface area contributed by atoms with Crippen molar-refractivity contribution in [2.45, 2.75) is 46.0 Å². The number of hydrogen-bond donors (Lipinski definition) is 0. The van der Waals surface area contributed by atoms with Gasteiger partial charge in [0.1, 0.15) is 0 Å². The van der Waals surface area contributed by atoms with Crippen molar-refractivity contribution < 1.29 is 0 Å². The second-order valence-corrected chi connectivity index (χ2v) is 5.17. The highest BCUT2D eigenvalue weighted by Crippen LogP contribution is 2.50. The molecule has 0 atom stereocenters. The maximum Gasteiger partial charge on any atom is 0.00321 e. The van der Waals surface area contributed by atoms with E-state index in [1.807, 2.05) is 0 Å². The van der Waals surface area contributed by atoms with Crippen LogP contribution < -0.4 is 0 Å². The van der Waals surface area contributed by atoms with Crippen LogP contribution in [0.15, 0.2) is 0 Å². The van der Waals surface area contributed by atoms with Crippen molar-refractivity contribution in [2.75, 3.05) is 20.6 Å². The summed E-state index contributed by atoms with van der Waals surface area (Å²) in [4.78, 5) is 2.36. The first-order chi connectivity index (χ1) is 6.12. The molecule has 0 unspecified atom stereocenters. The zero-order chi connectivity index (χ0) is 9.90. The molecule has 0 aromatic carbocycles. The first kappa shape index (κ1) is 11.0. The molecule has 1 heteroatoms. The van der Waals surface area contributed by atoms with Crippen LogP contribution in [0.3, 0.4) is 0 Å². The van der Waals surface area contributed by atoms with Crippen molar-refractivity contribution >= 4 is 0 Å². The van der Waals surface area contributed by atoms with Gasteiger partial charge in [-0.25, -0.2) is 0 Å². The van der Waals surface area contributed by atoms with Crippen molar-refractivity contribution in [3.05, 3.63) is 0 Å². The Morgan fingerprint density at radius 3 is 2.23 bits per heavy atom. The van der Waals surface area contributed by atoms with Crippen LogP contribution in [0.25, 0.3) is 0 Å². The molecule has 0 aromatic rings. The number of rotatable bonds is 5. The molecule has 0 radical (unpaired) electrons. The van der Waals surface area contributed by atoms with Crippen LogP contribution in [0.2, 0.25) is 0 Å². The predicted molar refractivity (Wildman–Crippen MR) is 58.9 cm³/mol. The van der Waals surface area contributed by atoms with Crippen LogP contribution in [0.5, 0.6) is 0 Å². The van der Waals surface area contributed by atoms with Gasteiger partial charge in [-0.2, -0.15) is 0 Å². The first-order valence-electron chi connectivity index (χ1n) is 5.76. The molecule has 1 nitrogen and oxygen atoms in total. The van der Waals surface area contributed by atoms with Gasteiger partial charge in [0.2, 0.25) is 0 Å². The van der Waals surface area contributed by atoms with E-state index in [1.54, 1.807) is 0 Å². The molecule has 1 aliphatic rings. The van der Waals surface area contributed by atoms with E-state index in [-0.39, 0.29) is 0 Å². The molecular weight excluding hydrogens is 158 g/mol. The quantitative estimate of drug-likeness (QED) is 0.633. The van der Waals surface area contributed by atoms with Crippen LogP contribution in [0.1, 0.15) is 46.0 Å². The monoisotopic (exact) mass is 183 g/mol. The Bertz CT molecular complexity index is 145. The highest BCUT2D eigenvalue weighted by Gasteiger charge is 2.42. The Labute approximate surface area is 83.5 Å². The summed E-state index contributed by atoms with van der Waals surface area (Å²) in [6, 6.07) is 0. The van der Waals surface area contributed by atoms with Gasteiger partial charge in [-0.15, -0.1) is 0 Å². The molecule has 0 N–H and O–H groups in total. The normalized spacial score (nSPS) is 33.5. The first-order valence-corrected chi connectivity index (χ1v) is 5.76. The van der Waals surface area contributed by atoms with E-state index < -0.39 is 0 Å². The second-order valence-electron chi connectivity index (χ2n) is 5.17. The number of hydrogen-bond acceptors (Lipinski definition) is 1. The molecule has 1 fully saturated rings. The fourth-order valence-electron chi connectivity index (χ4n) is 3.07. The van der Waals surface area contributed by atoms with E-state index in [9.17, 15) is 0 Å². The fraction of sp³-hybridized carbons (Fsp3) is 1.00. The Morgan fingerprint density at radius 2 is 1.85 bits per heavy atom. The van der Waals surface area contributed by atoms with E-state index in [1.165, 1.54) is 38.6 Å². The maximum absolute atomic E-state index is 2.36. The second kappa shape index (κ2) is 4.45. The zero-order valence-electron chi connectivity index (χ0n) is 9.77. The standard InChI is InChI=1S/C12H25N/c1-5-7-12(10-13(3)4)8-11(6-2)9-12/h11H,5-10H2,1-4H3. The highest BCUT2D eigenvalue weighted by atomic mass is 15.1. The lowest BCUT2D eigenvalue weighted by molar-refractivity contribution is 0.0161. The van der Waals surface area contributed by atoms with Gasteiger partial charge in [0.05, 0.1) is 0 Å².